The lowest BCUT2D eigenvalue weighted by Gasteiger charge is -2.07. The predicted octanol–water partition coefficient (Wildman–Crippen LogP) is 1.80. The van der Waals surface area contributed by atoms with Crippen molar-refractivity contribution in [2.24, 2.45) is 0 Å². The summed E-state index contributed by atoms with van der Waals surface area (Å²) in [6.07, 6.45) is 0.294. The fourth-order valence-electron chi connectivity index (χ4n) is 1.83. The number of rotatable bonds is 3. The average Bonchev–Trinajstić information content (AvgIpc) is 2.27. The zero-order chi connectivity index (χ0) is 14.0. The second kappa shape index (κ2) is 5.01. The third kappa shape index (κ3) is 2.85. The summed E-state index contributed by atoms with van der Waals surface area (Å²) >= 11 is 0. The van der Waals surface area contributed by atoms with Crippen molar-refractivity contribution < 1.29 is 14.3 Å². The molecule has 1 aromatic carbocycles. The first-order chi connectivity index (χ1) is 8.97. The van der Waals surface area contributed by atoms with Crippen molar-refractivity contribution >= 4 is 11.8 Å². The fourth-order valence-corrected chi connectivity index (χ4v) is 1.83. The molecule has 0 bridgehead atoms. The monoisotopic (exact) mass is 261 g/mol. The molecule has 19 heavy (non-hydrogen) atoms. The Morgan fingerprint density at radius 1 is 1.42 bits per heavy atom. The molecule has 0 radical (unpaired) electrons. The molecule has 2 rings (SSSR count). The van der Waals surface area contributed by atoms with Crippen LogP contribution in [0, 0.1) is 12.7 Å². The fraction of sp³-hybridized carbons (Fsp3) is 0.154. The molecule has 0 fully saturated rings. The van der Waals surface area contributed by atoms with Crippen LogP contribution < -0.4 is 5.73 Å². The second-order valence-corrected chi connectivity index (χ2v) is 4.10. The molecular formula is C13H12FN3O2. The molecule has 0 aliphatic heterocycles. The van der Waals surface area contributed by atoms with Gasteiger partial charge in [0.2, 0.25) is 0 Å². The topological polar surface area (TPSA) is 89.1 Å². The van der Waals surface area contributed by atoms with Crippen molar-refractivity contribution in [3.63, 3.8) is 0 Å². The highest BCUT2D eigenvalue weighted by molar-refractivity contribution is 5.93. The molecule has 0 amide bonds. The van der Waals surface area contributed by atoms with E-state index in [9.17, 15) is 9.18 Å². The summed E-state index contributed by atoms with van der Waals surface area (Å²) in [5.74, 6) is -1.21. The van der Waals surface area contributed by atoms with Gasteiger partial charge in [0, 0.05) is 6.42 Å². The van der Waals surface area contributed by atoms with E-state index in [2.05, 4.69) is 9.97 Å². The summed E-state index contributed by atoms with van der Waals surface area (Å²) in [5.41, 5.74) is 6.50. The van der Waals surface area contributed by atoms with E-state index in [1.165, 1.54) is 12.1 Å². The second-order valence-electron chi connectivity index (χ2n) is 4.10. The minimum absolute atomic E-state index is 0.0774. The van der Waals surface area contributed by atoms with E-state index in [1.807, 2.05) is 0 Å². The number of anilines is 1. The predicted molar refractivity (Wildman–Crippen MR) is 67.3 cm³/mol. The van der Waals surface area contributed by atoms with E-state index in [-0.39, 0.29) is 17.2 Å². The smallest absolute Gasteiger partial charge is 0.341 e. The third-order valence-electron chi connectivity index (χ3n) is 2.63. The van der Waals surface area contributed by atoms with E-state index in [0.29, 0.717) is 23.5 Å². The number of aryl methyl sites for hydroxylation is 1. The van der Waals surface area contributed by atoms with Crippen LogP contribution in [0.25, 0.3) is 0 Å². The molecule has 0 aliphatic rings. The molecule has 0 aliphatic carbocycles. The van der Waals surface area contributed by atoms with Crippen LogP contribution in [0.3, 0.4) is 0 Å². The van der Waals surface area contributed by atoms with Crippen molar-refractivity contribution in [3.8, 4) is 0 Å². The number of carboxylic acids is 1. The highest BCUT2D eigenvalue weighted by Crippen LogP contribution is 2.15. The Morgan fingerprint density at radius 3 is 2.74 bits per heavy atom. The minimum atomic E-state index is -1.16. The number of nitrogens with two attached hydrogens (primary N) is 1. The number of hydrogen-bond donors (Lipinski definition) is 2. The Kier molecular flexibility index (Phi) is 3.41. The molecule has 6 heteroatoms. The molecule has 2 aromatic rings. The number of carboxylic acid groups (broad SMARTS) is 1. The number of aromatic nitrogens is 2. The summed E-state index contributed by atoms with van der Waals surface area (Å²) in [6.45, 7) is 1.55. The van der Waals surface area contributed by atoms with E-state index < -0.39 is 5.97 Å². The quantitative estimate of drug-likeness (QED) is 0.879. The molecule has 1 aromatic heterocycles. The van der Waals surface area contributed by atoms with E-state index in [4.69, 9.17) is 10.8 Å². The number of nitrogens with zero attached hydrogens (tertiary/aromatic N) is 2. The molecular weight excluding hydrogens is 249 g/mol. The molecule has 0 unspecified atom stereocenters. The normalized spacial score (nSPS) is 10.4. The van der Waals surface area contributed by atoms with Gasteiger partial charge in [0.25, 0.3) is 0 Å². The highest BCUT2D eigenvalue weighted by atomic mass is 19.1. The van der Waals surface area contributed by atoms with Gasteiger partial charge in [-0.2, -0.15) is 0 Å². The zero-order valence-electron chi connectivity index (χ0n) is 10.2. The lowest BCUT2D eigenvalue weighted by molar-refractivity contribution is 0.0696. The van der Waals surface area contributed by atoms with Gasteiger partial charge in [-0.05, 0) is 24.6 Å². The number of carbonyl (C=O) groups is 1. The lowest BCUT2D eigenvalue weighted by Crippen LogP contribution is -2.12. The van der Waals surface area contributed by atoms with Crippen molar-refractivity contribution in [3.05, 3.63) is 52.7 Å². The van der Waals surface area contributed by atoms with Crippen LogP contribution in [-0.2, 0) is 6.42 Å². The Bertz CT molecular complexity index is 621. The molecule has 0 saturated heterocycles. The average molecular weight is 261 g/mol. The number of hydrogen-bond acceptors (Lipinski definition) is 4. The third-order valence-corrected chi connectivity index (χ3v) is 2.63. The van der Waals surface area contributed by atoms with Crippen LogP contribution in [0.4, 0.5) is 10.2 Å². The van der Waals surface area contributed by atoms with Gasteiger partial charge in [-0.25, -0.2) is 19.2 Å². The summed E-state index contributed by atoms with van der Waals surface area (Å²) in [6, 6.07) is 6.05. The van der Waals surface area contributed by atoms with Gasteiger partial charge < -0.3 is 10.8 Å². The van der Waals surface area contributed by atoms with E-state index >= 15 is 0 Å². The molecule has 0 saturated carbocycles. The van der Waals surface area contributed by atoms with Crippen LogP contribution in [0.1, 0.15) is 27.4 Å². The molecule has 0 atom stereocenters. The SMILES string of the molecule is Cc1nc(Cc2cccc(F)c2)nc(N)c1C(=O)O. The van der Waals surface area contributed by atoms with E-state index in [1.54, 1.807) is 19.1 Å². The van der Waals surface area contributed by atoms with Gasteiger partial charge in [-0.15, -0.1) is 0 Å². The lowest BCUT2D eigenvalue weighted by atomic mass is 10.1. The van der Waals surface area contributed by atoms with Gasteiger partial charge in [-0.3, -0.25) is 0 Å². The van der Waals surface area contributed by atoms with Crippen LogP contribution in [-0.4, -0.2) is 21.0 Å². The van der Waals surface area contributed by atoms with Crippen LogP contribution in [0.5, 0.6) is 0 Å². The van der Waals surface area contributed by atoms with Crippen molar-refractivity contribution in [1.82, 2.24) is 9.97 Å². The number of aromatic carboxylic acids is 1. The first-order valence-electron chi connectivity index (χ1n) is 5.58. The van der Waals surface area contributed by atoms with Gasteiger partial charge in [0.05, 0.1) is 5.69 Å². The van der Waals surface area contributed by atoms with Crippen molar-refractivity contribution in [2.75, 3.05) is 5.73 Å². The summed E-state index contributed by atoms with van der Waals surface area (Å²) in [4.78, 5) is 19.0. The van der Waals surface area contributed by atoms with Gasteiger partial charge >= 0.3 is 5.97 Å². The molecule has 0 spiro atoms. The summed E-state index contributed by atoms with van der Waals surface area (Å²) in [5, 5.41) is 8.95. The van der Waals surface area contributed by atoms with Crippen LogP contribution in [0.2, 0.25) is 0 Å². The molecule has 3 N–H and O–H groups in total. The maximum absolute atomic E-state index is 13.1. The zero-order valence-corrected chi connectivity index (χ0v) is 10.2. The Hall–Kier alpha value is -2.50. The highest BCUT2D eigenvalue weighted by Gasteiger charge is 2.15. The Labute approximate surface area is 108 Å². The summed E-state index contributed by atoms with van der Waals surface area (Å²) in [7, 11) is 0. The number of nitrogen functional groups attached to an aromatic ring is 1. The van der Waals surface area contributed by atoms with Crippen molar-refractivity contribution in [2.45, 2.75) is 13.3 Å². The minimum Gasteiger partial charge on any atom is -0.477 e. The first kappa shape index (κ1) is 12.9. The van der Waals surface area contributed by atoms with Gasteiger partial charge in [0.15, 0.2) is 0 Å². The van der Waals surface area contributed by atoms with Crippen LogP contribution in [0.15, 0.2) is 24.3 Å². The van der Waals surface area contributed by atoms with E-state index in [0.717, 1.165) is 0 Å². The molecule has 5 nitrogen and oxygen atoms in total. The summed E-state index contributed by atoms with van der Waals surface area (Å²) < 4.78 is 13.1. The van der Waals surface area contributed by atoms with Gasteiger partial charge in [0.1, 0.15) is 23.0 Å². The molecule has 98 valence electrons. The largest absolute Gasteiger partial charge is 0.477 e. The van der Waals surface area contributed by atoms with Crippen LogP contribution >= 0.6 is 0 Å². The first-order valence-corrected chi connectivity index (χ1v) is 5.58. The van der Waals surface area contributed by atoms with Gasteiger partial charge in [-0.1, -0.05) is 12.1 Å². The maximum atomic E-state index is 13.1. The Balaban J connectivity index is 2.35. The Morgan fingerprint density at radius 2 is 2.16 bits per heavy atom. The van der Waals surface area contributed by atoms with Crippen molar-refractivity contribution in [1.29, 1.82) is 0 Å². The maximum Gasteiger partial charge on any atom is 0.341 e. The standard InChI is InChI=1S/C13H12FN3O2/c1-7-11(13(18)19)12(15)17-10(16-7)6-8-3-2-4-9(14)5-8/h2-5H,6H2,1H3,(H,18,19)(H2,15,16,17). The number of benzene rings is 1. The number of halogens is 1. The molecule has 1 heterocycles.